The van der Waals surface area contributed by atoms with Crippen molar-refractivity contribution < 1.29 is 14.4 Å². The molecule has 1 aliphatic rings. The zero-order chi connectivity index (χ0) is 22.4. The molecule has 0 saturated heterocycles. The van der Waals surface area contributed by atoms with Gasteiger partial charge in [-0.3, -0.25) is 10.1 Å². The van der Waals surface area contributed by atoms with Gasteiger partial charge in [0.15, 0.2) is 0 Å². The van der Waals surface area contributed by atoms with Crippen LogP contribution >= 0.6 is 0 Å². The summed E-state index contributed by atoms with van der Waals surface area (Å²) in [6, 6.07) is 5.63. The summed E-state index contributed by atoms with van der Waals surface area (Å²) in [6.07, 6.45) is 5.51. The number of methoxy groups -OCH3 is 2. The molecule has 1 aromatic heterocycles. The molecule has 0 unspecified atom stereocenters. The average molecular weight is 431 g/mol. The van der Waals surface area contributed by atoms with E-state index in [4.69, 9.17) is 20.9 Å². The van der Waals surface area contributed by atoms with E-state index >= 15 is 0 Å². The van der Waals surface area contributed by atoms with Crippen molar-refractivity contribution >= 4 is 17.5 Å². The highest BCUT2D eigenvalue weighted by Crippen LogP contribution is 2.32. The Morgan fingerprint density at radius 2 is 1.90 bits per heavy atom. The Balaban J connectivity index is 1.87. The van der Waals surface area contributed by atoms with E-state index in [9.17, 15) is 10.1 Å². The average Bonchev–Trinajstić information content (AvgIpc) is 2.79. The van der Waals surface area contributed by atoms with Gasteiger partial charge in [-0.25, -0.2) is 4.98 Å². The maximum atomic E-state index is 11.1. The largest absolute Gasteiger partial charge is 0.497 e. The smallest absolute Gasteiger partial charge is 0.329 e. The van der Waals surface area contributed by atoms with Crippen molar-refractivity contribution in [2.24, 2.45) is 17.6 Å². The molecule has 168 valence electrons. The molecule has 0 bridgehead atoms. The lowest BCUT2D eigenvalue weighted by Crippen LogP contribution is -2.33. The number of rotatable bonds is 9. The third-order valence-corrected chi connectivity index (χ3v) is 5.90. The summed E-state index contributed by atoms with van der Waals surface area (Å²) in [5.74, 6) is 2.63. The van der Waals surface area contributed by atoms with Crippen LogP contribution in [0.25, 0.3) is 0 Å². The Morgan fingerprint density at radius 1 is 1.19 bits per heavy atom. The fraction of sp³-hybridized carbons (Fsp3) is 0.524. The van der Waals surface area contributed by atoms with Crippen LogP contribution in [0.4, 0.5) is 17.5 Å². The van der Waals surface area contributed by atoms with Crippen LogP contribution in [0.5, 0.6) is 11.5 Å². The van der Waals surface area contributed by atoms with Crippen molar-refractivity contribution in [2.75, 3.05) is 37.9 Å². The summed E-state index contributed by atoms with van der Waals surface area (Å²) in [4.78, 5) is 21.0. The van der Waals surface area contributed by atoms with Crippen LogP contribution in [0.3, 0.4) is 0 Å². The van der Waals surface area contributed by atoms with Gasteiger partial charge in [0.1, 0.15) is 17.7 Å². The van der Waals surface area contributed by atoms with Crippen LogP contribution in [0.15, 0.2) is 24.4 Å². The summed E-state index contributed by atoms with van der Waals surface area (Å²) in [5.41, 5.74) is 12.3. The van der Waals surface area contributed by atoms with Crippen LogP contribution in [-0.2, 0) is 6.54 Å². The highest BCUT2D eigenvalue weighted by Gasteiger charge is 2.25. The molecule has 31 heavy (non-hydrogen) atoms. The fourth-order valence-electron chi connectivity index (χ4n) is 4.04. The predicted octanol–water partition coefficient (Wildman–Crippen LogP) is 2.76. The van der Waals surface area contributed by atoms with Gasteiger partial charge < -0.3 is 25.8 Å². The number of hydrogen-bond donors (Lipinski definition) is 2. The molecule has 0 amide bonds. The lowest BCUT2D eigenvalue weighted by molar-refractivity contribution is -0.384. The van der Waals surface area contributed by atoms with Crippen molar-refractivity contribution in [3.63, 3.8) is 0 Å². The van der Waals surface area contributed by atoms with Gasteiger partial charge in [0.05, 0.1) is 19.1 Å². The standard InChI is InChI=1S/C21H30N6O4/c1-30-17-8-7-16(19(9-17)31-2)13-26(12-15-5-3-14(10-22)4-6-15)21-24-11-18(27(28)29)20(23)25-21/h7-9,11,14-15H,3-6,10,12-13,22H2,1-2H3,(H2,23,24,25). The lowest BCUT2D eigenvalue weighted by atomic mass is 9.82. The lowest BCUT2D eigenvalue weighted by Gasteiger charge is -2.32. The van der Waals surface area contributed by atoms with Crippen LogP contribution in [0.1, 0.15) is 31.2 Å². The van der Waals surface area contributed by atoms with Crippen molar-refractivity contribution in [3.05, 3.63) is 40.1 Å². The number of ether oxygens (including phenoxy) is 2. The molecule has 10 heteroatoms. The maximum absolute atomic E-state index is 11.1. The first kappa shape index (κ1) is 22.5. The van der Waals surface area contributed by atoms with Gasteiger partial charge in [0.25, 0.3) is 0 Å². The van der Waals surface area contributed by atoms with Gasteiger partial charge in [-0.05, 0) is 56.2 Å². The number of aromatic nitrogens is 2. The number of nitrogen functional groups attached to an aromatic ring is 1. The van der Waals surface area contributed by atoms with Gasteiger partial charge in [0.2, 0.25) is 11.8 Å². The van der Waals surface area contributed by atoms with Crippen molar-refractivity contribution in [3.8, 4) is 11.5 Å². The number of benzene rings is 1. The van der Waals surface area contributed by atoms with Crippen LogP contribution < -0.4 is 25.8 Å². The minimum atomic E-state index is -0.579. The van der Waals surface area contributed by atoms with E-state index in [0.717, 1.165) is 37.8 Å². The zero-order valence-electron chi connectivity index (χ0n) is 18.0. The van der Waals surface area contributed by atoms with E-state index in [2.05, 4.69) is 9.97 Å². The minimum Gasteiger partial charge on any atom is -0.497 e. The third-order valence-electron chi connectivity index (χ3n) is 5.90. The van der Waals surface area contributed by atoms with Crippen LogP contribution in [0.2, 0.25) is 0 Å². The summed E-state index contributed by atoms with van der Waals surface area (Å²) >= 11 is 0. The molecule has 0 radical (unpaired) electrons. The van der Waals surface area contributed by atoms with E-state index < -0.39 is 4.92 Å². The molecule has 4 N–H and O–H groups in total. The molecule has 1 fully saturated rings. The number of hydrogen-bond acceptors (Lipinski definition) is 9. The first-order valence-corrected chi connectivity index (χ1v) is 10.4. The van der Waals surface area contributed by atoms with Crippen LogP contribution in [-0.4, -0.2) is 42.2 Å². The number of anilines is 2. The molecular weight excluding hydrogens is 400 g/mol. The Morgan fingerprint density at radius 3 is 2.48 bits per heavy atom. The monoisotopic (exact) mass is 430 g/mol. The zero-order valence-corrected chi connectivity index (χ0v) is 18.0. The molecule has 1 aromatic carbocycles. The summed E-state index contributed by atoms with van der Waals surface area (Å²) < 4.78 is 10.8. The van der Waals surface area contributed by atoms with Crippen LogP contribution in [0, 0.1) is 22.0 Å². The second-order valence-electron chi connectivity index (χ2n) is 7.88. The van der Waals surface area contributed by atoms with Gasteiger partial charge in [-0.2, -0.15) is 4.98 Å². The second kappa shape index (κ2) is 10.3. The van der Waals surface area contributed by atoms with Gasteiger partial charge in [-0.1, -0.05) is 0 Å². The molecule has 3 rings (SSSR count). The Bertz CT molecular complexity index is 901. The topological polar surface area (TPSA) is 143 Å². The molecule has 0 atom stereocenters. The van der Waals surface area contributed by atoms with E-state index in [1.807, 2.05) is 23.1 Å². The highest BCUT2D eigenvalue weighted by atomic mass is 16.6. The molecule has 2 aromatic rings. The molecule has 1 heterocycles. The molecule has 1 saturated carbocycles. The second-order valence-corrected chi connectivity index (χ2v) is 7.88. The van der Waals surface area contributed by atoms with E-state index in [1.165, 1.54) is 6.20 Å². The third kappa shape index (κ3) is 5.52. The van der Waals surface area contributed by atoms with Crippen molar-refractivity contribution in [1.29, 1.82) is 0 Å². The van der Waals surface area contributed by atoms with E-state index in [0.29, 0.717) is 42.4 Å². The van der Waals surface area contributed by atoms with Crippen molar-refractivity contribution in [1.82, 2.24) is 9.97 Å². The Kier molecular flexibility index (Phi) is 7.45. The summed E-state index contributed by atoms with van der Waals surface area (Å²) in [6.45, 7) is 1.91. The van der Waals surface area contributed by atoms with E-state index in [1.54, 1.807) is 14.2 Å². The molecule has 10 nitrogen and oxygen atoms in total. The Hall–Kier alpha value is -3.14. The maximum Gasteiger partial charge on any atom is 0.329 e. The molecule has 0 spiro atoms. The Labute approximate surface area is 181 Å². The fourth-order valence-corrected chi connectivity index (χ4v) is 4.04. The van der Waals surface area contributed by atoms with E-state index in [-0.39, 0.29) is 11.5 Å². The molecule has 1 aliphatic carbocycles. The number of nitro groups is 1. The highest BCUT2D eigenvalue weighted by molar-refractivity contribution is 5.54. The number of nitrogens with two attached hydrogens (primary N) is 2. The van der Waals surface area contributed by atoms with Gasteiger partial charge >= 0.3 is 5.69 Å². The first-order chi connectivity index (χ1) is 14.9. The van der Waals surface area contributed by atoms with Gasteiger partial charge in [-0.15, -0.1) is 0 Å². The number of nitrogens with zero attached hydrogens (tertiary/aromatic N) is 4. The summed E-state index contributed by atoms with van der Waals surface area (Å²) in [7, 11) is 3.21. The molecular formula is C21H30N6O4. The predicted molar refractivity (Wildman–Crippen MR) is 118 cm³/mol. The SMILES string of the molecule is COc1ccc(CN(CC2CCC(CN)CC2)c2ncc([N+](=O)[O-])c(N)n2)c(OC)c1. The first-order valence-electron chi connectivity index (χ1n) is 10.4. The van der Waals surface area contributed by atoms with Crippen molar-refractivity contribution in [2.45, 2.75) is 32.2 Å². The molecule has 0 aliphatic heterocycles. The summed E-state index contributed by atoms with van der Waals surface area (Å²) in [5, 5.41) is 11.1. The normalized spacial score (nSPS) is 18.4. The quantitative estimate of drug-likeness (QED) is 0.453. The minimum absolute atomic E-state index is 0.145. The van der Waals surface area contributed by atoms with Gasteiger partial charge in [0, 0.05) is 24.7 Å².